The van der Waals surface area contributed by atoms with Crippen LogP contribution < -0.4 is 9.64 Å². The maximum atomic E-state index is 15.2. The molecule has 0 spiro atoms. The summed E-state index contributed by atoms with van der Waals surface area (Å²) in [4.78, 5) is 27.0. The number of halogens is 1. The summed E-state index contributed by atoms with van der Waals surface area (Å²) in [7, 11) is 0. The second kappa shape index (κ2) is 9.84. The molecule has 0 bridgehead atoms. The molecule has 0 aromatic heterocycles. The van der Waals surface area contributed by atoms with Crippen molar-refractivity contribution in [1.29, 1.82) is 0 Å². The standard InChI is InChI=1S/C28H30FNO4/c1-17(2)30(27(31)20-10-8-18(3)9-11-20)25-16-24(29)26(15-23(25)28(32)33)34-22-13-12-19-6-4-5-7-21(19)14-22/h4-7,12-18,20H,8-11H2,1-3H3,(H,32,33). The Hall–Kier alpha value is -3.41. The molecule has 1 amide bonds. The molecule has 178 valence electrons. The van der Waals surface area contributed by atoms with Gasteiger partial charge in [-0.15, -0.1) is 0 Å². The lowest BCUT2D eigenvalue weighted by Crippen LogP contribution is -2.43. The maximum Gasteiger partial charge on any atom is 0.337 e. The van der Waals surface area contributed by atoms with Crippen molar-refractivity contribution in [3.63, 3.8) is 0 Å². The zero-order valence-electron chi connectivity index (χ0n) is 19.8. The number of rotatable bonds is 6. The lowest BCUT2D eigenvalue weighted by atomic mass is 9.82. The van der Waals surface area contributed by atoms with Crippen LogP contribution in [-0.2, 0) is 4.79 Å². The number of ether oxygens (including phenoxy) is 1. The molecule has 4 rings (SSSR count). The summed E-state index contributed by atoms with van der Waals surface area (Å²) in [6.45, 7) is 5.80. The summed E-state index contributed by atoms with van der Waals surface area (Å²) in [6.07, 6.45) is 3.44. The number of hydrogen-bond donors (Lipinski definition) is 1. The van der Waals surface area contributed by atoms with E-state index >= 15 is 4.39 Å². The molecule has 3 aromatic rings. The van der Waals surface area contributed by atoms with E-state index in [1.165, 1.54) is 11.0 Å². The minimum absolute atomic E-state index is 0.0643. The van der Waals surface area contributed by atoms with Gasteiger partial charge in [0.2, 0.25) is 5.91 Å². The van der Waals surface area contributed by atoms with Gasteiger partial charge >= 0.3 is 5.97 Å². The van der Waals surface area contributed by atoms with Crippen LogP contribution in [0.1, 0.15) is 56.8 Å². The van der Waals surface area contributed by atoms with Crippen molar-refractivity contribution in [2.45, 2.75) is 52.5 Å². The van der Waals surface area contributed by atoms with Crippen LogP contribution in [-0.4, -0.2) is 23.0 Å². The Kier molecular flexibility index (Phi) is 6.87. The number of aromatic carboxylic acids is 1. The Labute approximate surface area is 199 Å². The molecule has 1 N–H and O–H groups in total. The van der Waals surface area contributed by atoms with Crippen molar-refractivity contribution < 1.29 is 23.8 Å². The van der Waals surface area contributed by atoms with Crippen LogP contribution in [0, 0.1) is 17.7 Å². The Morgan fingerprint density at radius 2 is 1.68 bits per heavy atom. The summed E-state index contributed by atoms with van der Waals surface area (Å²) in [5.74, 6) is -1.51. The number of anilines is 1. The minimum Gasteiger partial charge on any atom is -0.478 e. The second-order valence-electron chi connectivity index (χ2n) is 9.47. The van der Waals surface area contributed by atoms with Gasteiger partial charge in [0, 0.05) is 24.1 Å². The molecule has 0 saturated heterocycles. The van der Waals surface area contributed by atoms with Crippen LogP contribution in [0.3, 0.4) is 0 Å². The highest BCUT2D eigenvalue weighted by molar-refractivity contribution is 6.03. The first kappa shape index (κ1) is 23.7. The Bertz CT molecular complexity index is 1210. The fourth-order valence-electron chi connectivity index (χ4n) is 4.70. The van der Waals surface area contributed by atoms with Crippen LogP contribution in [0.5, 0.6) is 11.5 Å². The molecule has 1 aliphatic carbocycles. The highest BCUT2D eigenvalue weighted by Gasteiger charge is 2.33. The molecule has 3 aromatic carbocycles. The van der Waals surface area contributed by atoms with Gasteiger partial charge in [-0.2, -0.15) is 0 Å². The van der Waals surface area contributed by atoms with Gasteiger partial charge in [-0.05, 0) is 68.4 Å². The normalized spacial score (nSPS) is 18.1. The number of carbonyl (C=O) groups excluding carboxylic acids is 1. The van der Waals surface area contributed by atoms with E-state index in [0.717, 1.165) is 42.5 Å². The van der Waals surface area contributed by atoms with E-state index in [1.807, 2.05) is 44.2 Å². The molecular formula is C28H30FNO4. The lowest BCUT2D eigenvalue weighted by Gasteiger charge is -2.34. The average Bonchev–Trinajstić information content (AvgIpc) is 2.80. The summed E-state index contributed by atoms with van der Waals surface area (Å²) in [5, 5.41) is 11.9. The fraction of sp³-hybridized carbons (Fsp3) is 0.357. The number of amides is 1. The molecule has 5 nitrogen and oxygen atoms in total. The zero-order chi connectivity index (χ0) is 24.4. The van der Waals surface area contributed by atoms with Crippen LogP contribution >= 0.6 is 0 Å². The highest BCUT2D eigenvalue weighted by Crippen LogP contribution is 2.36. The third kappa shape index (κ3) is 4.91. The molecule has 1 saturated carbocycles. The summed E-state index contributed by atoms with van der Waals surface area (Å²) in [5.41, 5.74) is -0.0992. The maximum absolute atomic E-state index is 15.2. The lowest BCUT2D eigenvalue weighted by molar-refractivity contribution is -0.123. The molecule has 0 atom stereocenters. The quantitative estimate of drug-likeness (QED) is 0.426. The topological polar surface area (TPSA) is 66.8 Å². The minimum atomic E-state index is -1.24. The molecular weight excluding hydrogens is 433 g/mol. The highest BCUT2D eigenvalue weighted by atomic mass is 19.1. The number of nitrogens with zero attached hydrogens (tertiary/aromatic N) is 1. The predicted octanol–water partition coefficient (Wildman–Crippen LogP) is 7.04. The van der Waals surface area contributed by atoms with Crippen LogP contribution in [0.2, 0.25) is 0 Å². The van der Waals surface area contributed by atoms with E-state index in [-0.39, 0.29) is 34.9 Å². The van der Waals surface area contributed by atoms with E-state index in [9.17, 15) is 14.7 Å². The van der Waals surface area contributed by atoms with E-state index in [1.54, 1.807) is 12.1 Å². The van der Waals surface area contributed by atoms with Crippen molar-refractivity contribution in [2.24, 2.45) is 11.8 Å². The van der Waals surface area contributed by atoms with Crippen molar-refractivity contribution in [1.82, 2.24) is 0 Å². The van der Waals surface area contributed by atoms with E-state index in [0.29, 0.717) is 11.7 Å². The number of hydrogen-bond acceptors (Lipinski definition) is 3. The molecule has 1 aliphatic rings. The number of carboxylic acid groups (broad SMARTS) is 1. The van der Waals surface area contributed by atoms with Gasteiger partial charge in [-0.1, -0.05) is 37.3 Å². The first-order valence-electron chi connectivity index (χ1n) is 11.8. The largest absolute Gasteiger partial charge is 0.478 e. The van der Waals surface area contributed by atoms with Gasteiger partial charge in [0.25, 0.3) is 0 Å². The Morgan fingerprint density at radius 1 is 1.00 bits per heavy atom. The van der Waals surface area contributed by atoms with Crippen LogP contribution in [0.4, 0.5) is 10.1 Å². The summed E-state index contributed by atoms with van der Waals surface area (Å²) in [6, 6.07) is 15.0. The predicted molar refractivity (Wildman–Crippen MR) is 131 cm³/mol. The van der Waals surface area contributed by atoms with Gasteiger partial charge in [-0.3, -0.25) is 4.79 Å². The van der Waals surface area contributed by atoms with E-state index in [4.69, 9.17) is 4.74 Å². The van der Waals surface area contributed by atoms with Gasteiger partial charge in [0.05, 0.1) is 11.3 Å². The van der Waals surface area contributed by atoms with Crippen molar-refractivity contribution in [3.8, 4) is 11.5 Å². The second-order valence-corrected chi connectivity index (χ2v) is 9.47. The summed E-state index contributed by atoms with van der Waals surface area (Å²) >= 11 is 0. The van der Waals surface area contributed by atoms with Crippen molar-refractivity contribution >= 4 is 28.3 Å². The molecule has 34 heavy (non-hydrogen) atoms. The molecule has 0 unspecified atom stereocenters. The van der Waals surface area contributed by atoms with Crippen LogP contribution in [0.25, 0.3) is 10.8 Å². The first-order valence-corrected chi connectivity index (χ1v) is 11.8. The van der Waals surface area contributed by atoms with Gasteiger partial charge in [0.1, 0.15) is 5.75 Å². The first-order chi connectivity index (χ1) is 16.2. The SMILES string of the molecule is CC1CCC(C(=O)N(c2cc(F)c(Oc3ccc4ccccc4c3)cc2C(=O)O)C(C)C)CC1. The van der Waals surface area contributed by atoms with Gasteiger partial charge < -0.3 is 14.7 Å². The van der Waals surface area contributed by atoms with Gasteiger partial charge in [-0.25, -0.2) is 9.18 Å². The zero-order valence-corrected chi connectivity index (χ0v) is 19.8. The molecule has 0 radical (unpaired) electrons. The van der Waals surface area contributed by atoms with Gasteiger partial charge in [0.15, 0.2) is 11.6 Å². The van der Waals surface area contributed by atoms with E-state index in [2.05, 4.69) is 6.92 Å². The molecule has 0 aliphatic heterocycles. The molecule has 1 fully saturated rings. The number of fused-ring (bicyclic) bond motifs is 1. The summed E-state index contributed by atoms with van der Waals surface area (Å²) < 4.78 is 21.0. The Morgan fingerprint density at radius 3 is 2.32 bits per heavy atom. The third-order valence-electron chi connectivity index (χ3n) is 6.61. The Balaban J connectivity index is 1.69. The molecule has 6 heteroatoms. The van der Waals surface area contributed by atoms with E-state index < -0.39 is 11.8 Å². The number of carbonyl (C=O) groups is 2. The molecule has 0 heterocycles. The van der Waals surface area contributed by atoms with Crippen LogP contribution in [0.15, 0.2) is 54.6 Å². The number of carboxylic acids is 1. The van der Waals surface area contributed by atoms with Crippen molar-refractivity contribution in [2.75, 3.05) is 4.90 Å². The number of benzene rings is 3. The smallest absolute Gasteiger partial charge is 0.337 e. The van der Waals surface area contributed by atoms with Crippen molar-refractivity contribution in [3.05, 3.63) is 66.0 Å². The third-order valence-corrected chi connectivity index (χ3v) is 6.61. The fourth-order valence-corrected chi connectivity index (χ4v) is 4.70. The monoisotopic (exact) mass is 463 g/mol. The average molecular weight is 464 g/mol.